The third kappa shape index (κ3) is 6.86. The summed E-state index contributed by atoms with van der Waals surface area (Å²) in [6.45, 7) is 2.64. The molecular formula is C14H19F4NO. The van der Waals surface area contributed by atoms with Gasteiger partial charge in [0.2, 0.25) is 0 Å². The van der Waals surface area contributed by atoms with Gasteiger partial charge in [-0.3, -0.25) is 0 Å². The highest BCUT2D eigenvalue weighted by Gasteiger charge is 2.27. The Balaban J connectivity index is 2.60. The van der Waals surface area contributed by atoms with Crippen LogP contribution in [0.1, 0.15) is 31.4 Å². The third-order valence-electron chi connectivity index (χ3n) is 2.68. The molecule has 0 amide bonds. The minimum Gasteiger partial charge on any atom is -0.372 e. The summed E-state index contributed by atoms with van der Waals surface area (Å²) in [4.78, 5) is 0. The highest BCUT2D eigenvalue weighted by Crippen LogP contribution is 2.23. The molecule has 1 unspecified atom stereocenters. The maximum atomic E-state index is 13.2. The average molecular weight is 293 g/mol. The van der Waals surface area contributed by atoms with Crippen LogP contribution >= 0.6 is 0 Å². The Labute approximate surface area is 116 Å². The van der Waals surface area contributed by atoms with Gasteiger partial charge in [0.1, 0.15) is 5.82 Å². The van der Waals surface area contributed by atoms with Crippen LogP contribution < -0.4 is 5.32 Å². The van der Waals surface area contributed by atoms with E-state index >= 15 is 0 Å². The summed E-state index contributed by atoms with van der Waals surface area (Å²) in [5, 5.41) is 3.07. The van der Waals surface area contributed by atoms with Gasteiger partial charge in [-0.1, -0.05) is 19.1 Å². The summed E-state index contributed by atoms with van der Waals surface area (Å²) in [5.41, 5.74) is 0.538. The lowest BCUT2D eigenvalue weighted by Gasteiger charge is -2.19. The zero-order valence-corrected chi connectivity index (χ0v) is 11.3. The van der Waals surface area contributed by atoms with Gasteiger partial charge < -0.3 is 10.1 Å². The zero-order chi connectivity index (χ0) is 15.0. The van der Waals surface area contributed by atoms with Crippen LogP contribution in [0.2, 0.25) is 0 Å². The van der Waals surface area contributed by atoms with Crippen LogP contribution in [0.3, 0.4) is 0 Å². The summed E-state index contributed by atoms with van der Waals surface area (Å²) in [5.74, 6) is -0.428. The van der Waals surface area contributed by atoms with Gasteiger partial charge in [-0.05, 0) is 30.7 Å². The zero-order valence-electron chi connectivity index (χ0n) is 11.3. The largest absolute Gasteiger partial charge is 0.391 e. The molecule has 0 aliphatic heterocycles. The van der Waals surface area contributed by atoms with Gasteiger partial charge in [0, 0.05) is 6.54 Å². The van der Waals surface area contributed by atoms with Crippen molar-refractivity contribution in [2.45, 2.75) is 32.0 Å². The molecule has 20 heavy (non-hydrogen) atoms. The predicted octanol–water partition coefficient (Wildman–Crippen LogP) is 3.84. The molecule has 0 saturated heterocycles. The Morgan fingerprint density at radius 3 is 2.65 bits per heavy atom. The fraction of sp³-hybridized carbons (Fsp3) is 0.571. The maximum Gasteiger partial charge on any atom is 0.391 e. The van der Waals surface area contributed by atoms with Crippen molar-refractivity contribution in [1.82, 2.24) is 5.32 Å². The summed E-state index contributed by atoms with van der Waals surface area (Å²) >= 11 is 0. The molecule has 0 aliphatic rings. The number of benzene rings is 1. The number of hydrogen-bond acceptors (Lipinski definition) is 2. The van der Waals surface area contributed by atoms with Crippen LogP contribution in [0.15, 0.2) is 24.3 Å². The molecule has 0 fully saturated rings. The molecule has 0 aromatic heterocycles. The molecule has 0 bridgehead atoms. The average Bonchev–Trinajstić information content (AvgIpc) is 2.36. The van der Waals surface area contributed by atoms with Crippen LogP contribution in [0, 0.1) is 5.82 Å². The van der Waals surface area contributed by atoms with Crippen molar-refractivity contribution in [1.29, 1.82) is 0 Å². The molecule has 0 saturated carbocycles. The van der Waals surface area contributed by atoms with Crippen molar-refractivity contribution >= 4 is 0 Å². The second kappa shape index (κ2) is 8.21. The molecule has 1 rings (SSSR count). The van der Waals surface area contributed by atoms with Crippen LogP contribution in [-0.2, 0) is 4.74 Å². The van der Waals surface area contributed by atoms with E-state index in [1.165, 1.54) is 18.2 Å². The van der Waals surface area contributed by atoms with Crippen LogP contribution in [-0.4, -0.2) is 25.9 Å². The first-order valence-corrected chi connectivity index (χ1v) is 6.57. The fourth-order valence-corrected chi connectivity index (χ4v) is 1.71. The molecule has 6 heteroatoms. The van der Waals surface area contributed by atoms with Crippen LogP contribution in [0.4, 0.5) is 17.6 Å². The number of hydrogen-bond donors (Lipinski definition) is 1. The minimum absolute atomic E-state index is 0.356. The smallest absolute Gasteiger partial charge is 0.372 e. The molecule has 0 spiro atoms. The van der Waals surface area contributed by atoms with E-state index in [1.807, 2.05) is 6.92 Å². The third-order valence-corrected chi connectivity index (χ3v) is 2.68. The van der Waals surface area contributed by atoms with Crippen molar-refractivity contribution in [3.05, 3.63) is 35.6 Å². The quantitative estimate of drug-likeness (QED) is 0.581. The molecule has 1 atom stereocenters. The number of nitrogens with one attached hydrogen (secondary N) is 1. The first-order chi connectivity index (χ1) is 9.42. The Morgan fingerprint density at radius 1 is 1.30 bits per heavy atom. The highest BCUT2D eigenvalue weighted by atomic mass is 19.4. The van der Waals surface area contributed by atoms with Gasteiger partial charge in [0.25, 0.3) is 0 Å². The SMILES string of the molecule is CCCNCC(OCCC(F)(F)F)c1cccc(F)c1. The number of ether oxygens (including phenoxy) is 1. The van der Waals surface area contributed by atoms with Gasteiger partial charge in [-0.25, -0.2) is 4.39 Å². The molecule has 0 heterocycles. The predicted molar refractivity (Wildman–Crippen MR) is 68.9 cm³/mol. The number of alkyl halides is 3. The topological polar surface area (TPSA) is 21.3 Å². The summed E-state index contributed by atoms with van der Waals surface area (Å²) in [6.07, 6.45) is -4.94. The standard InChI is InChI=1S/C14H19F4NO/c1-2-7-19-10-13(20-8-6-14(16,17)18)11-4-3-5-12(15)9-11/h3-5,9,13,19H,2,6-8,10H2,1H3. The Morgan fingerprint density at radius 2 is 2.05 bits per heavy atom. The van der Waals surface area contributed by atoms with Crippen molar-refractivity contribution in [2.24, 2.45) is 0 Å². The van der Waals surface area contributed by atoms with Crippen molar-refractivity contribution in [3.63, 3.8) is 0 Å². The lowest BCUT2D eigenvalue weighted by Crippen LogP contribution is -2.25. The van der Waals surface area contributed by atoms with E-state index in [9.17, 15) is 17.6 Å². The van der Waals surface area contributed by atoms with Crippen LogP contribution in [0.25, 0.3) is 0 Å². The second-order valence-electron chi connectivity index (χ2n) is 4.48. The molecular weight excluding hydrogens is 274 g/mol. The first kappa shape index (κ1) is 16.9. The van der Waals surface area contributed by atoms with Crippen molar-refractivity contribution in [2.75, 3.05) is 19.7 Å². The van der Waals surface area contributed by atoms with E-state index in [0.29, 0.717) is 12.1 Å². The number of halogens is 4. The summed E-state index contributed by atoms with van der Waals surface area (Å²) in [6, 6.07) is 5.74. The second-order valence-corrected chi connectivity index (χ2v) is 4.48. The summed E-state index contributed by atoms with van der Waals surface area (Å²) in [7, 11) is 0. The summed E-state index contributed by atoms with van der Waals surface area (Å²) < 4.78 is 54.8. The van der Waals surface area contributed by atoms with Crippen LogP contribution in [0.5, 0.6) is 0 Å². The number of rotatable bonds is 8. The van der Waals surface area contributed by atoms with E-state index in [0.717, 1.165) is 13.0 Å². The van der Waals surface area contributed by atoms with Gasteiger partial charge in [-0.2, -0.15) is 13.2 Å². The maximum absolute atomic E-state index is 13.2. The first-order valence-electron chi connectivity index (χ1n) is 6.57. The fourth-order valence-electron chi connectivity index (χ4n) is 1.71. The van der Waals surface area contributed by atoms with E-state index in [2.05, 4.69) is 5.32 Å². The highest BCUT2D eigenvalue weighted by molar-refractivity contribution is 5.19. The Kier molecular flexibility index (Phi) is 6.95. The minimum atomic E-state index is -4.25. The van der Waals surface area contributed by atoms with Gasteiger partial charge in [-0.15, -0.1) is 0 Å². The normalized spacial score (nSPS) is 13.4. The van der Waals surface area contributed by atoms with Gasteiger partial charge in [0.05, 0.1) is 19.1 Å². The Bertz CT molecular complexity index is 395. The molecule has 1 aromatic rings. The molecule has 114 valence electrons. The molecule has 1 N–H and O–H groups in total. The van der Waals surface area contributed by atoms with E-state index in [4.69, 9.17) is 4.74 Å². The lowest BCUT2D eigenvalue weighted by molar-refractivity contribution is -0.149. The molecule has 0 radical (unpaired) electrons. The Hall–Kier alpha value is -1.14. The van der Waals surface area contributed by atoms with Crippen molar-refractivity contribution in [3.8, 4) is 0 Å². The molecule has 1 aromatic carbocycles. The van der Waals surface area contributed by atoms with Gasteiger partial charge >= 0.3 is 6.18 Å². The monoisotopic (exact) mass is 293 g/mol. The molecule has 2 nitrogen and oxygen atoms in total. The molecule has 0 aliphatic carbocycles. The lowest BCUT2D eigenvalue weighted by atomic mass is 10.1. The van der Waals surface area contributed by atoms with E-state index in [-0.39, 0.29) is 0 Å². The van der Waals surface area contributed by atoms with E-state index in [1.54, 1.807) is 6.07 Å². The van der Waals surface area contributed by atoms with E-state index < -0.39 is 31.1 Å². The van der Waals surface area contributed by atoms with Gasteiger partial charge in [0.15, 0.2) is 0 Å². The van der Waals surface area contributed by atoms with Crippen molar-refractivity contribution < 1.29 is 22.3 Å².